The van der Waals surface area contributed by atoms with Gasteiger partial charge < -0.3 is 9.84 Å². The van der Waals surface area contributed by atoms with Gasteiger partial charge in [-0.15, -0.1) is 0 Å². The van der Waals surface area contributed by atoms with Crippen molar-refractivity contribution in [2.75, 3.05) is 7.11 Å². The molecule has 0 radical (unpaired) electrons. The lowest BCUT2D eigenvalue weighted by molar-refractivity contribution is -0.265. The Bertz CT molecular complexity index is 816. The zero-order valence-electron chi connectivity index (χ0n) is 23.0. The van der Waals surface area contributed by atoms with Gasteiger partial charge in [-0.05, 0) is 121 Å². The molecule has 0 bridgehead atoms. The van der Waals surface area contributed by atoms with Gasteiger partial charge in [0.1, 0.15) is 0 Å². The van der Waals surface area contributed by atoms with E-state index in [2.05, 4.69) is 55.0 Å². The third kappa shape index (κ3) is 2.92. The van der Waals surface area contributed by atoms with Gasteiger partial charge in [0.15, 0.2) is 0 Å². The first-order valence-corrected chi connectivity index (χ1v) is 14.1. The maximum absolute atomic E-state index is 11.2. The molecule has 188 valence electrons. The van der Waals surface area contributed by atoms with E-state index in [9.17, 15) is 5.11 Å². The van der Waals surface area contributed by atoms with E-state index < -0.39 is 0 Å². The molecule has 0 saturated heterocycles. The van der Waals surface area contributed by atoms with Gasteiger partial charge in [-0.2, -0.15) is 0 Å². The molecule has 0 heterocycles. The maximum Gasteiger partial charge on any atom is 0.0855 e. The summed E-state index contributed by atoms with van der Waals surface area (Å²) in [5.74, 6) is 3.69. The van der Waals surface area contributed by atoms with Crippen LogP contribution in [-0.2, 0) is 4.74 Å². The van der Waals surface area contributed by atoms with E-state index in [0.29, 0.717) is 22.2 Å². The molecule has 0 spiro atoms. The molecule has 2 heteroatoms. The van der Waals surface area contributed by atoms with E-state index in [1.165, 1.54) is 56.9 Å². The van der Waals surface area contributed by atoms with Crippen molar-refractivity contribution < 1.29 is 9.84 Å². The summed E-state index contributed by atoms with van der Waals surface area (Å²) in [6, 6.07) is 0. The minimum atomic E-state index is -0.359. The van der Waals surface area contributed by atoms with Crippen LogP contribution in [0.4, 0.5) is 0 Å². The number of aliphatic hydroxyl groups is 1. The second-order valence-electron chi connectivity index (χ2n) is 15.1. The van der Waals surface area contributed by atoms with Crippen LogP contribution < -0.4 is 0 Å². The summed E-state index contributed by atoms with van der Waals surface area (Å²) >= 11 is 0. The first kappa shape index (κ1) is 24.4. The fraction of sp³-hybridized carbons (Fsp3) is 0.935. The minimum absolute atomic E-state index is 0.0357. The molecule has 0 aromatic heterocycles. The van der Waals surface area contributed by atoms with E-state index in [0.717, 1.165) is 30.1 Å². The molecule has 5 rings (SSSR count). The van der Waals surface area contributed by atoms with Gasteiger partial charge in [0, 0.05) is 7.11 Å². The highest BCUT2D eigenvalue weighted by molar-refractivity contribution is 5.21. The Morgan fingerprint density at radius 3 is 2.18 bits per heavy atom. The van der Waals surface area contributed by atoms with Gasteiger partial charge in [-0.25, -0.2) is 0 Å². The Morgan fingerprint density at radius 1 is 0.848 bits per heavy atom. The smallest absolute Gasteiger partial charge is 0.0855 e. The van der Waals surface area contributed by atoms with Gasteiger partial charge in [0.05, 0.1) is 12.2 Å². The van der Waals surface area contributed by atoms with Crippen LogP contribution in [0.2, 0.25) is 0 Å². The third-order valence-electron chi connectivity index (χ3n) is 13.7. The molecule has 0 aliphatic heterocycles. The lowest BCUT2D eigenvalue weighted by atomic mass is 9.32. The van der Waals surface area contributed by atoms with E-state index in [1.54, 1.807) is 0 Å². The normalized spacial score (nSPS) is 57.4. The van der Waals surface area contributed by atoms with Crippen molar-refractivity contribution in [2.45, 2.75) is 118 Å². The van der Waals surface area contributed by atoms with Crippen molar-refractivity contribution in [3.8, 4) is 0 Å². The van der Waals surface area contributed by atoms with Crippen LogP contribution in [0, 0.1) is 56.7 Å². The molecule has 5 fully saturated rings. The Balaban J connectivity index is 1.55. The van der Waals surface area contributed by atoms with Gasteiger partial charge in [-0.1, -0.05) is 53.7 Å². The van der Waals surface area contributed by atoms with Crippen molar-refractivity contribution in [3.05, 3.63) is 12.2 Å². The first-order chi connectivity index (χ1) is 15.3. The number of aliphatic hydroxyl groups excluding tert-OH is 1. The standard InChI is InChI=1S/C31H52O2/c1-19(2)20-12-14-28(5)16-17-30(7)21(25(20)28)10-11-24-29(6)18-22(33-9)26(32)27(3,4)23(29)13-15-31(24,30)8/h20-26,32H,1,10-18H2,2-9H3/t20-,21+,22+,23-,24+,25+,26-,28+,29-,30+,31+/m0/s1. The lowest BCUT2D eigenvalue weighted by Crippen LogP contribution is -2.68. The molecule has 0 amide bonds. The van der Waals surface area contributed by atoms with E-state index >= 15 is 0 Å². The first-order valence-electron chi connectivity index (χ1n) is 14.1. The van der Waals surface area contributed by atoms with Crippen LogP contribution in [-0.4, -0.2) is 24.4 Å². The predicted octanol–water partition coefficient (Wildman–Crippen LogP) is 7.65. The van der Waals surface area contributed by atoms with E-state index in [-0.39, 0.29) is 23.0 Å². The van der Waals surface area contributed by atoms with Gasteiger partial charge >= 0.3 is 0 Å². The summed E-state index contributed by atoms with van der Waals surface area (Å²) in [5, 5.41) is 11.2. The Kier molecular flexibility index (Phi) is 5.42. The van der Waals surface area contributed by atoms with Crippen molar-refractivity contribution in [1.82, 2.24) is 0 Å². The largest absolute Gasteiger partial charge is 0.390 e. The highest BCUT2D eigenvalue weighted by Gasteiger charge is 2.71. The number of hydrogen-bond acceptors (Lipinski definition) is 2. The summed E-state index contributed by atoms with van der Waals surface area (Å²) < 4.78 is 5.95. The number of hydrogen-bond donors (Lipinski definition) is 1. The monoisotopic (exact) mass is 456 g/mol. The van der Waals surface area contributed by atoms with Crippen LogP contribution in [0.5, 0.6) is 0 Å². The molecule has 5 aliphatic carbocycles. The number of ether oxygens (including phenoxy) is 1. The molecule has 1 N–H and O–H groups in total. The molecular formula is C31H52O2. The minimum Gasteiger partial charge on any atom is -0.390 e. The molecule has 0 unspecified atom stereocenters. The molecule has 5 saturated carbocycles. The fourth-order valence-electron chi connectivity index (χ4n) is 11.8. The van der Waals surface area contributed by atoms with Gasteiger partial charge in [0.2, 0.25) is 0 Å². The highest BCUT2D eigenvalue weighted by Crippen LogP contribution is 2.77. The SMILES string of the molecule is C=C(C)[C@@H]1CC[C@]2(C)CC[C@]3(C)[C@H](CC[C@@H]4[C@@]5(C)C[C@@H](OC)[C@H](O)C(C)(C)[C@@H]5CC[C@]43C)[C@@H]12. The lowest BCUT2D eigenvalue weighted by Gasteiger charge is -2.73. The summed E-state index contributed by atoms with van der Waals surface area (Å²) in [6.07, 6.45) is 11.6. The highest BCUT2D eigenvalue weighted by atomic mass is 16.5. The summed E-state index contributed by atoms with van der Waals surface area (Å²) in [6.45, 7) is 22.1. The summed E-state index contributed by atoms with van der Waals surface area (Å²) in [5.41, 5.74) is 2.91. The second kappa shape index (κ2) is 7.34. The summed E-state index contributed by atoms with van der Waals surface area (Å²) in [7, 11) is 1.81. The molecule has 2 nitrogen and oxygen atoms in total. The Morgan fingerprint density at radius 2 is 1.55 bits per heavy atom. The number of fused-ring (bicyclic) bond motifs is 7. The fourth-order valence-corrected chi connectivity index (χ4v) is 11.8. The Labute approximate surface area is 204 Å². The van der Waals surface area contributed by atoms with Crippen molar-refractivity contribution >= 4 is 0 Å². The molecule has 0 aromatic rings. The van der Waals surface area contributed by atoms with Crippen molar-refractivity contribution in [3.63, 3.8) is 0 Å². The molecule has 33 heavy (non-hydrogen) atoms. The van der Waals surface area contributed by atoms with Crippen molar-refractivity contribution in [2.24, 2.45) is 56.7 Å². The molecule has 5 aliphatic rings. The number of allylic oxidation sites excluding steroid dienone is 1. The average molecular weight is 457 g/mol. The quantitative estimate of drug-likeness (QED) is 0.432. The van der Waals surface area contributed by atoms with E-state index in [1.807, 2.05) is 7.11 Å². The average Bonchev–Trinajstić information content (AvgIpc) is 3.09. The summed E-state index contributed by atoms with van der Waals surface area (Å²) in [4.78, 5) is 0. The van der Waals surface area contributed by atoms with E-state index in [4.69, 9.17) is 4.74 Å². The molecule has 11 atom stereocenters. The molecule has 0 aromatic carbocycles. The predicted molar refractivity (Wildman–Crippen MR) is 137 cm³/mol. The van der Waals surface area contributed by atoms with Crippen LogP contribution in [0.15, 0.2) is 12.2 Å². The van der Waals surface area contributed by atoms with Gasteiger partial charge in [-0.3, -0.25) is 0 Å². The Hall–Kier alpha value is -0.340. The van der Waals surface area contributed by atoms with Gasteiger partial charge in [0.25, 0.3) is 0 Å². The van der Waals surface area contributed by atoms with Crippen molar-refractivity contribution in [1.29, 1.82) is 0 Å². The second-order valence-corrected chi connectivity index (χ2v) is 15.1. The molecular weight excluding hydrogens is 404 g/mol. The van der Waals surface area contributed by atoms with Crippen LogP contribution in [0.3, 0.4) is 0 Å². The number of rotatable bonds is 2. The van der Waals surface area contributed by atoms with Crippen LogP contribution in [0.1, 0.15) is 106 Å². The van der Waals surface area contributed by atoms with Crippen LogP contribution >= 0.6 is 0 Å². The topological polar surface area (TPSA) is 29.5 Å². The zero-order valence-corrected chi connectivity index (χ0v) is 23.0. The van der Waals surface area contributed by atoms with Crippen LogP contribution in [0.25, 0.3) is 0 Å². The maximum atomic E-state index is 11.2. The third-order valence-corrected chi connectivity index (χ3v) is 13.7. The number of methoxy groups -OCH3 is 1. The zero-order chi connectivity index (χ0) is 24.2.